The highest BCUT2D eigenvalue weighted by Gasteiger charge is 2.30. The molecule has 0 spiro atoms. The molecule has 1 aliphatic heterocycles. The number of benzene rings is 1. The molecule has 3 heterocycles. The Hall–Kier alpha value is -1.48. The predicted octanol–water partition coefficient (Wildman–Crippen LogP) is 5.45. The van der Waals surface area contributed by atoms with Gasteiger partial charge in [-0.05, 0) is 24.8 Å². The normalized spacial score (nSPS) is 18.0. The fraction of sp³-hybridized carbons (Fsp3) is 0.565. The van der Waals surface area contributed by atoms with Gasteiger partial charge in [0, 0.05) is 17.2 Å². The molecule has 2 N–H and O–H groups in total. The molecule has 1 aromatic carbocycles. The Balaban J connectivity index is 0.000000858. The number of hydrogen-bond acceptors (Lipinski definition) is 6. The van der Waals surface area contributed by atoms with E-state index in [1.54, 1.807) is 11.9 Å². The van der Waals surface area contributed by atoms with Crippen LogP contribution in [0.25, 0.3) is 21.9 Å². The summed E-state index contributed by atoms with van der Waals surface area (Å²) >= 11 is 1.74. The molecule has 1 unspecified atom stereocenters. The van der Waals surface area contributed by atoms with Crippen LogP contribution in [-0.4, -0.2) is 55.5 Å². The van der Waals surface area contributed by atoms with Gasteiger partial charge in [0.25, 0.3) is 0 Å². The maximum absolute atomic E-state index is 6.70. The zero-order valence-electron chi connectivity index (χ0n) is 19.9. The molecular formula is C23H37N5OS2. The van der Waals surface area contributed by atoms with Gasteiger partial charge in [0.15, 0.2) is 5.82 Å². The maximum atomic E-state index is 6.70. The van der Waals surface area contributed by atoms with Crippen LogP contribution in [0.15, 0.2) is 24.3 Å². The molecule has 4 rings (SSSR count). The first-order valence-corrected chi connectivity index (χ1v) is 14.6. The highest BCUT2D eigenvalue weighted by molar-refractivity contribution is 8.29. The summed E-state index contributed by atoms with van der Waals surface area (Å²) in [4.78, 5) is 9.47. The first kappa shape index (κ1) is 24.2. The highest BCUT2D eigenvalue weighted by Crippen LogP contribution is 2.48. The van der Waals surface area contributed by atoms with E-state index in [1.165, 1.54) is 6.42 Å². The Morgan fingerprint density at radius 2 is 1.87 bits per heavy atom. The van der Waals surface area contributed by atoms with E-state index in [-0.39, 0.29) is 6.10 Å². The molecule has 0 aliphatic carbocycles. The van der Waals surface area contributed by atoms with E-state index < -0.39 is 10.3 Å². The number of para-hydroxylation sites is 1. The van der Waals surface area contributed by atoms with Gasteiger partial charge in [-0.3, -0.25) is 0 Å². The summed E-state index contributed by atoms with van der Waals surface area (Å²) in [7, 11) is -1.14. The fourth-order valence-corrected chi connectivity index (χ4v) is 5.20. The van der Waals surface area contributed by atoms with Crippen LogP contribution in [0, 0.1) is 0 Å². The zero-order valence-corrected chi connectivity index (χ0v) is 21.5. The van der Waals surface area contributed by atoms with Crippen LogP contribution in [0.1, 0.15) is 39.9 Å². The van der Waals surface area contributed by atoms with Gasteiger partial charge in [-0.25, -0.2) is 14.3 Å². The van der Waals surface area contributed by atoms with E-state index >= 15 is 0 Å². The Morgan fingerprint density at radius 3 is 2.52 bits per heavy atom. The summed E-state index contributed by atoms with van der Waals surface area (Å²) in [6.07, 6.45) is 7.99. The van der Waals surface area contributed by atoms with E-state index in [0.29, 0.717) is 11.1 Å². The van der Waals surface area contributed by atoms with Crippen molar-refractivity contribution in [1.29, 1.82) is 0 Å². The molecule has 0 saturated carbocycles. The van der Waals surface area contributed by atoms with Crippen molar-refractivity contribution in [2.75, 3.05) is 31.0 Å². The predicted molar refractivity (Wildman–Crippen MR) is 139 cm³/mol. The first-order chi connectivity index (χ1) is 14.7. The summed E-state index contributed by atoms with van der Waals surface area (Å²) in [5.41, 5.74) is 9.07. The molecule has 6 nitrogen and oxygen atoms in total. The van der Waals surface area contributed by atoms with Crippen molar-refractivity contribution in [3.05, 3.63) is 30.1 Å². The van der Waals surface area contributed by atoms with Crippen molar-refractivity contribution in [3.8, 4) is 0 Å². The number of anilines is 1. The number of hydrogen-bond donors (Lipinski definition) is 1. The third-order valence-electron chi connectivity index (χ3n) is 5.58. The smallest absolute Gasteiger partial charge is 0.152 e. The summed E-state index contributed by atoms with van der Waals surface area (Å²) < 4.78 is 11.3. The van der Waals surface area contributed by atoms with Crippen molar-refractivity contribution < 1.29 is 4.18 Å². The molecule has 0 saturated heterocycles. The van der Waals surface area contributed by atoms with Crippen LogP contribution in [0.4, 0.5) is 5.82 Å². The largest absolute Gasteiger partial charge is 0.382 e. The summed E-state index contributed by atoms with van der Waals surface area (Å²) in [6.45, 7) is 11.2. The molecule has 2 aromatic heterocycles. The van der Waals surface area contributed by atoms with Gasteiger partial charge in [0.05, 0.1) is 24.1 Å². The van der Waals surface area contributed by atoms with Gasteiger partial charge in [-0.1, -0.05) is 64.3 Å². The number of fused-ring (bicyclic) bond motifs is 5. The minimum absolute atomic E-state index is 0.103. The lowest BCUT2D eigenvalue weighted by Gasteiger charge is -2.39. The van der Waals surface area contributed by atoms with Crippen molar-refractivity contribution in [3.63, 3.8) is 0 Å². The number of nitrogen functional groups attached to an aromatic ring is 1. The van der Waals surface area contributed by atoms with Crippen molar-refractivity contribution >= 4 is 50.0 Å². The number of pyridine rings is 1. The van der Waals surface area contributed by atoms with Crippen LogP contribution < -0.4 is 5.73 Å². The lowest BCUT2D eigenvalue weighted by atomic mass is 10.2. The molecule has 0 fully saturated rings. The topological polar surface area (TPSA) is 69.2 Å². The van der Waals surface area contributed by atoms with E-state index in [2.05, 4.69) is 66.4 Å². The molecule has 0 radical (unpaired) electrons. The van der Waals surface area contributed by atoms with Crippen LogP contribution in [0.5, 0.6) is 0 Å². The standard InChI is InChI=1S/C20H29N5OS2.C3H8/c1-13(2)28(4,5)26-14-10-24(27-3)12-17-23-18-19(25(17)11-14)15-8-6-7-9-16(15)22-20(18)21;1-3-2/h6-9,13-14H,10-12H2,1-5H3,(H2,21,22);3H2,1-2H3. The quantitative estimate of drug-likeness (QED) is 0.519. The molecule has 1 aliphatic rings. The van der Waals surface area contributed by atoms with Gasteiger partial charge < -0.3 is 14.5 Å². The van der Waals surface area contributed by atoms with Crippen molar-refractivity contribution in [2.24, 2.45) is 0 Å². The van der Waals surface area contributed by atoms with E-state index in [9.17, 15) is 0 Å². The van der Waals surface area contributed by atoms with Crippen molar-refractivity contribution in [1.82, 2.24) is 18.8 Å². The third-order valence-corrected chi connectivity index (χ3v) is 9.41. The number of imidazole rings is 1. The maximum Gasteiger partial charge on any atom is 0.152 e. The second-order valence-corrected chi connectivity index (χ2v) is 13.3. The van der Waals surface area contributed by atoms with Gasteiger partial charge in [-0.15, -0.1) is 10.3 Å². The van der Waals surface area contributed by atoms with Crippen LogP contribution in [0.3, 0.4) is 0 Å². The minimum atomic E-state index is -1.14. The summed E-state index contributed by atoms with van der Waals surface area (Å²) in [5.74, 6) is 1.52. The molecule has 0 amide bonds. The Morgan fingerprint density at radius 1 is 1.19 bits per heavy atom. The zero-order chi connectivity index (χ0) is 22.8. The second kappa shape index (κ2) is 9.98. The second-order valence-electron chi connectivity index (χ2n) is 8.64. The van der Waals surface area contributed by atoms with Gasteiger partial charge in [0.1, 0.15) is 17.4 Å². The average molecular weight is 464 g/mol. The van der Waals surface area contributed by atoms with Gasteiger partial charge in [-0.2, -0.15) is 0 Å². The van der Waals surface area contributed by atoms with Crippen LogP contribution >= 0.6 is 22.3 Å². The number of rotatable bonds is 4. The first-order valence-electron chi connectivity index (χ1n) is 10.9. The van der Waals surface area contributed by atoms with Crippen LogP contribution in [-0.2, 0) is 17.3 Å². The molecule has 0 bridgehead atoms. The van der Waals surface area contributed by atoms with Crippen LogP contribution in [0.2, 0.25) is 0 Å². The third kappa shape index (κ3) is 5.13. The minimum Gasteiger partial charge on any atom is -0.382 e. The molecular weight excluding hydrogens is 426 g/mol. The lowest BCUT2D eigenvalue weighted by molar-refractivity contribution is 0.187. The Bertz CT molecular complexity index is 1030. The summed E-state index contributed by atoms with van der Waals surface area (Å²) in [5, 5.41) is 1.61. The molecule has 1 atom stereocenters. The monoisotopic (exact) mass is 463 g/mol. The van der Waals surface area contributed by atoms with E-state index in [0.717, 1.165) is 47.4 Å². The molecule has 3 aromatic rings. The fourth-order valence-electron chi connectivity index (χ4n) is 3.59. The van der Waals surface area contributed by atoms with E-state index in [1.807, 2.05) is 18.2 Å². The average Bonchev–Trinajstić information content (AvgIpc) is 2.97. The van der Waals surface area contributed by atoms with Gasteiger partial charge in [0.2, 0.25) is 0 Å². The highest BCUT2D eigenvalue weighted by atomic mass is 32.3. The molecule has 172 valence electrons. The number of aromatic nitrogens is 3. The number of nitrogens with two attached hydrogens (primary N) is 1. The Labute approximate surface area is 192 Å². The summed E-state index contributed by atoms with van der Waals surface area (Å²) in [6, 6.07) is 8.16. The van der Waals surface area contributed by atoms with E-state index in [4.69, 9.17) is 14.9 Å². The molecule has 31 heavy (non-hydrogen) atoms. The number of nitrogens with zero attached hydrogens (tertiary/aromatic N) is 4. The van der Waals surface area contributed by atoms with Gasteiger partial charge >= 0.3 is 0 Å². The molecule has 8 heteroatoms. The van der Waals surface area contributed by atoms with Crippen molar-refractivity contribution in [2.45, 2.75) is 58.6 Å². The Kier molecular flexibility index (Phi) is 7.78. The lowest BCUT2D eigenvalue weighted by Crippen LogP contribution is -2.31. The SMILES string of the molecule is CCC.CSN1Cc2nc3c(N)nc4ccccc4c3n2CC(OS(C)(C)C(C)C)C1.